The molecule has 11 nitrogen and oxygen atoms in total. The van der Waals surface area contributed by atoms with Crippen LogP contribution in [0.3, 0.4) is 0 Å². The van der Waals surface area contributed by atoms with Crippen molar-refractivity contribution in [1.29, 1.82) is 0 Å². The van der Waals surface area contributed by atoms with Crippen LogP contribution in [0.15, 0.2) is 0 Å². The van der Waals surface area contributed by atoms with Gasteiger partial charge in [0.1, 0.15) is 48.8 Å². The smallest absolute Gasteiger partial charge is 0.187 e. The Morgan fingerprint density at radius 1 is 0.571 bits per heavy atom. The third kappa shape index (κ3) is 9.11. The van der Waals surface area contributed by atoms with Crippen LogP contribution in [0.25, 0.3) is 0 Å². The highest BCUT2D eigenvalue weighted by molar-refractivity contribution is 4.94. The van der Waals surface area contributed by atoms with Gasteiger partial charge in [-0.05, 0) is 6.42 Å². The lowest BCUT2D eigenvalue weighted by Crippen LogP contribution is -2.64. The summed E-state index contributed by atoms with van der Waals surface area (Å²) in [4.78, 5) is 0. The molecule has 2 aliphatic rings. The maximum absolute atomic E-state index is 10.6. The Balaban J connectivity index is 1.74. The number of hydrogen-bond acceptors (Lipinski definition) is 11. The van der Waals surface area contributed by atoms with Gasteiger partial charge in [0, 0.05) is 6.61 Å². The van der Waals surface area contributed by atoms with E-state index in [1.54, 1.807) is 0 Å². The van der Waals surface area contributed by atoms with Gasteiger partial charge in [-0.3, -0.25) is 0 Å². The van der Waals surface area contributed by atoms with Crippen molar-refractivity contribution in [3.05, 3.63) is 0 Å². The quantitative estimate of drug-likeness (QED) is 0.134. The predicted molar refractivity (Wildman–Crippen MR) is 124 cm³/mol. The Hall–Kier alpha value is -0.440. The Bertz CT molecular complexity index is 550. The Morgan fingerprint density at radius 3 is 1.66 bits per heavy atom. The fraction of sp³-hybridized carbons (Fsp3) is 1.00. The second-order valence-electron chi connectivity index (χ2n) is 9.56. The van der Waals surface area contributed by atoms with Crippen LogP contribution in [0.5, 0.6) is 0 Å². The van der Waals surface area contributed by atoms with Crippen molar-refractivity contribution >= 4 is 0 Å². The first-order valence-electron chi connectivity index (χ1n) is 13.1. The molecule has 0 radical (unpaired) electrons. The summed E-state index contributed by atoms with van der Waals surface area (Å²) in [6, 6.07) is 0. The van der Waals surface area contributed by atoms with Crippen LogP contribution in [0.2, 0.25) is 0 Å². The minimum absolute atomic E-state index is 0.321. The third-order valence-electron chi connectivity index (χ3n) is 6.74. The highest BCUT2D eigenvalue weighted by Crippen LogP contribution is 2.29. The molecule has 0 aromatic carbocycles. The molecule has 0 bridgehead atoms. The first kappa shape index (κ1) is 30.8. The van der Waals surface area contributed by atoms with Gasteiger partial charge in [-0.15, -0.1) is 0 Å². The monoisotopic (exact) mass is 510 g/mol. The van der Waals surface area contributed by atoms with E-state index in [1.165, 1.54) is 44.9 Å². The maximum Gasteiger partial charge on any atom is 0.187 e. The number of rotatable bonds is 16. The van der Waals surface area contributed by atoms with E-state index in [9.17, 15) is 35.7 Å². The standard InChI is InChI=1S/C24H46O11/c1-2-3-4-5-6-7-8-9-10-11-12-32-23-21(31)19(29)22(16(14-26)34-23)35-24-20(30)18(28)17(27)15(13-25)33-24/h15-31H,2-14H2,1H3/t15?,16?,17-,18?,19?,20?,21?,22?,23-,24+/m1/s1. The van der Waals surface area contributed by atoms with Gasteiger partial charge in [0.05, 0.1) is 13.2 Å². The second-order valence-corrected chi connectivity index (χ2v) is 9.56. The third-order valence-corrected chi connectivity index (χ3v) is 6.74. The molecule has 10 atom stereocenters. The predicted octanol–water partition coefficient (Wildman–Crippen LogP) is -0.452. The van der Waals surface area contributed by atoms with E-state index in [0.29, 0.717) is 6.61 Å². The van der Waals surface area contributed by atoms with Crippen LogP contribution in [-0.2, 0) is 18.9 Å². The molecule has 7 unspecified atom stereocenters. The summed E-state index contributed by atoms with van der Waals surface area (Å²) >= 11 is 0. The number of aliphatic hydroxyl groups is 7. The molecular weight excluding hydrogens is 464 g/mol. The summed E-state index contributed by atoms with van der Waals surface area (Å²) in [6.07, 6.45) is -2.63. The van der Waals surface area contributed by atoms with E-state index in [1.807, 2.05) is 0 Å². The Kier molecular flexibility index (Phi) is 14.4. The molecule has 7 N–H and O–H groups in total. The van der Waals surface area contributed by atoms with Crippen molar-refractivity contribution in [3.8, 4) is 0 Å². The molecule has 2 heterocycles. The van der Waals surface area contributed by atoms with Gasteiger partial charge in [-0.25, -0.2) is 0 Å². The topological polar surface area (TPSA) is 179 Å². The maximum atomic E-state index is 10.6. The number of hydrogen-bond donors (Lipinski definition) is 7. The molecule has 2 rings (SSSR count). The van der Waals surface area contributed by atoms with Crippen LogP contribution in [0.4, 0.5) is 0 Å². The number of aliphatic hydroxyl groups excluding tert-OH is 7. The summed E-state index contributed by atoms with van der Waals surface area (Å²) < 4.78 is 22.0. The molecular formula is C24H46O11. The van der Waals surface area contributed by atoms with Gasteiger partial charge in [0.2, 0.25) is 0 Å². The molecule has 2 saturated heterocycles. The van der Waals surface area contributed by atoms with Gasteiger partial charge in [0.15, 0.2) is 12.6 Å². The van der Waals surface area contributed by atoms with E-state index < -0.39 is 74.6 Å². The molecule has 35 heavy (non-hydrogen) atoms. The van der Waals surface area contributed by atoms with Crippen LogP contribution in [-0.4, -0.2) is 117 Å². The Morgan fingerprint density at radius 2 is 1.09 bits per heavy atom. The molecule has 11 heteroatoms. The van der Waals surface area contributed by atoms with Crippen molar-refractivity contribution in [2.24, 2.45) is 0 Å². The fourth-order valence-electron chi connectivity index (χ4n) is 4.48. The van der Waals surface area contributed by atoms with Crippen LogP contribution >= 0.6 is 0 Å². The number of unbranched alkanes of at least 4 members (excludes halogenated alkanes) is 9. The van der Waals surface area contributed by atoms with Crippen molar-refractivity contribution in [2.45, 2.75) is 133 Å². The van der Waals surface area contributed by atoms with Gasteiger partial charge in [0.25, 0.3) is 0 Å². The van der Waals surface area contributed by atoms with Crippen molar-refractivity contribution < 1.29 is 54.7 Å². The second kappa shape index (κ2) is 16.4. The van der Waals surface area contributed by atoms with E-state index in [2.05, 4.69) is 6.92 Å². The average Bonchev–Trinajstić information content (AvgIpc) is 2.86. The van der Waals surface area contributed by atoms with Crippen molar-refractivity contribution in [3.63, 3.8) is 0 Å². The van der Waals surface area contributed by atoms with E-state index >= 15 is 0 Å². The van der Waals surface area contributed by atoms with Crippen LogP contribution in [0.1, 0.15) is 71.1 Å². The lowest BCUT2D eigenvalue weighted by molar-refractivity contribution is -0.359. The summed E-state index contributed by atoms with van der Waals surface area (Å²) in [5.41, 5.74) is 0. The highest BCUT2D eigenvalue weighted by Gasteiger charge is 2.50. The first-order chi connectivity index (χ1) is 16.8. The number of ether oxygens (including phenoxy) is 4. The summed E-state index contributed by atoms with van der Waals surface area (Å²) in [6.45, 7) is 1.31. The van der Waals surface area contributed by atoms with E-state index in [-0.39, 0.29) is 0 Å². The molecule has 0 amide bonds. The summed E-state index contributed by atoms with van der Waals surface area (Å²) in [7, 11) is 0. The van der Waals surface area contributed by atoms with Crippen LogP contribution < -0.4 is 0 Å². The zero-order valence-corrected chi connectivity index (χ0v) is 20.7. The van der Waals surface area contributed by atoms with Crippen LogP contribution in [0, 0.1) is 0 Å². The zero-order valence-electron chi connectivity index (χ0n) is 20.7. The SMILES string of the molecule is CCCCCCCCCCCCO[C@@H]1OC(CO)C(O[C@@H]2OC(CO)[C@@H](O)C(O)C2O)C(O)C1O. The van der Waals surface area contributed by atoms with Gasteiger partial charge < -0.3 is 54.7 Å². The molecule has 0 aliphatic carbocycles. The van der Waals surface area contributed by atoms with Crippen molar-refractivity contribution in [2.75, 3.05) is 19.8 Å². The first-order valence-corrected chi connectivity index (χ1v) is 13.1. The minimum Gasteiger partial charge on any atom is -0.394 e. The van der Waals surface area contributed by atoms with Crippen molar-refractivity contribution in [1.82, 2.24) is 0 Å². The molecule has 0 aromatic heterocycles. The Labute approximate surface area is 207 Å². The largest absolute Gasteiger partial charge is 0.394 e. The lowest BCUT2D eigenvalue weighted by Gasteiger charge is -2.45. The van der Waals surface area contributed by atoms with Gasteiger partial charge in [-0.2, -0.15) is 0 Å². The molecule has 0 saturated carbocycles. The normalized spacial score (nSPS) is 38.1. The molecule has 2 aliphatic heterocycles. The summed E-state index contributed by atoms with van der Waals surface area (Å²) in [5, 5.41) is 70.1. The zero-order chi connectivity index (χ0) is 25.8. The molecule has 2 fully saturated rings. The van der Waals surface area contributed by atoms with E-state index in [4.69, 9.17) is 18.9 Å². The average molecular weight is 511 g/mol. The molecule has 0 aromatic rings. The molecule has 208 valence electrons. The van der Waals surface area contributed by atoms with Gasteiger partial charge >= 0.3 is 0 Å². The lowest BCUT2D eigenvalue weighted by atomic mass is 9.97. The minimum atomic E-state index is -1.69. The fourth-order valence-corrected chi connectivity index (χ4v) is 4.48. The molecule has 0 spiro atoms. The summed E-state index contributed by atoms with van der Waals surface area (Å²) in [5.74, 6) is 0. The van der Waals surface area contributed by atoms with Gasteiger partial charge in [-0.1, -0.05) is 64.7 Å². The highest BCUT2D eigenvalue weighted by atomic mass is 16.7. The van der Waals surface area contributed by atoms with E-state index in [0.717, 1.165) is 19.3 Å².